The smallest absolute Gasteiger partial charge is 0.119 e. The van der Waals surface area contributed by atoms with Gasteiger partial charge in [0.2, 0.25) is 0 Å². The van der Waals surface area contributed by atoms with Gasteiger partial charge in [-0.2, -0.15) is 0 Å². The quantitative estimate of drug-likeness (QED) is 0.245. The highest BCUT2D eigenvalue weighted by Crippen LogP contribution is 2.39. The van der Waals surface area contributed by atoms with Crippen LogP contribution in [0.4, 0.5) is 0 Å². The average Bonchev–Trinajstić information content (AvgIpc) is 2.81. The van der Waals surface area contributed by atoms with Crippen LogP contribution in [0.2, 0.25) is 0 Å². The molecule has 0 heterocycles. The van der Waals surface area contributed by atoms with Gasteiger partial charge >= 0.3 is 0 Å². The number of allylic oxidation sites excluding steroid dienone is 1. The highest BCUT2D eigenvalue weighted by Gasteiger charge is 2.19. The van der Waals surface area contributed by atoms with Crippen molar-refractivity contribution in [3.05, 3.63) is 101 Å². The minimum Gasteiger partial charge on any atom is -0.494 e. The van der Waals surface area contributed by atoms with Gasteiger partial charge in [0, 0.05) is 5.33 Å². The zero-order valence-corrected chi connectivity index (χ0v) is 19.0. The summed E-state index contributed by atoms with van der Waals surface area (Å²) in [6.07, 6.45) is 7.00. The molecule has 0 bridgehead atoms. The Morgan fingerprint density at radius 1 is 0.733 bits per heavy atom. The van der Waals surface area contributed by atoms with Crippen molar-refractivity contribution < 1.29 is 4.74 Å². The van der Waals surface area contributed by atoms with Crippen molar-refractivity contribution in [3.8, 4) is 5.75 Å². The zero-order chi connectivity index (χ0) is 20.6. The van der Waals surface area contributed by atoms with Crippen LogP contribution < -0.4 is 4.74 Å². The van der Waals surface area contributed by atoms with Gasteiger partial charge in [0.25, 0.3) is 0 Å². The summed E-state index contributed by atoms with van der Waals surface area (Å²) in [4.78, 5) is 0. The van der Waals surface area contributed by atoms with E-state index in [-0.39, 0.29) is 0 Å². The highest BCUT2D eigenvalue weighted by atomic mass is 79.9. The number of benzene rings is 3. The van der Waals surface area contributed by atoms with Crippen molar-refractivity contribution in [2.75, 3.05) is 11.9 Å². The summed E-state index contributed by atoms with van der Waals surface area (Å²) in [5.41, 5.74) is 8.25. The number of hydrogen-bond acceptors (Lipinski definition) is 1. The van der Waals surface area contributed by atoms with Crippen LogP contribution in [-0.2, 0) is 6.42 Å². The molecule has 3 aromatic carbocycles. The van der Waals surface area contributed by atoms with Gasteiger partial charge in [-0.25, -0.2) is 0 Å². The maximum atomic E-state index is 5.96. The fourth-order valence-electron chi connectivity index (χ4n) is 4.28. The second-order valence-corrected chi connectivity index (χ2v) is 8.65. The Balaban J connectivity index is 1.66. The van der Waals surface area contributed by atoms with E-state index in [0.29, 0.717) is 0 Å². The molecule has 0 N–H and O–H groups in total. The van der Waals surface area contributed by atoms with E-state index in [0.717, 1.165) is 30.5 Å². The van der Waals surface area contributed by atoms with Crippen molar-refractivity contribution in [2.45, 2.75) is 38.5 Å². The molecule has 1 aliphatic carbocycles. The second kappa shape index (κ2) is 10.6. The van der Waals surface area contributed by atoms with Crippen LogP contribution in [0.15, 0.2) is 78.9 Å². The van der Waals surface area contributed by atoms with Crippen LogP contribution in [0.25, 0.3) is 11.1 Å². The van der Waals surface area contributed by atoms with Crippen LogP contribution in [0, 0.1) is 0 Å². The van der Waals surface area contributed by atoms with E-state index in [1.54, 1.807) is 0 Å². The first-order valence-corrected chi connectivity index (χ1v) is 12.1. The Morgan fingerprint density at radius 3 is 2.27 bits per heavy atom. The minimum atomic E-state index is 0.784. The summed E-state index contributed by atoms with van der Waals surface area (Å²) in [7, 11) is 0. The van der Waals surface area contributed by atoms with Crippen molar-refractivity contribution in [3.63, 3.8) is 0 Å². The predicted molar refractivity (Wildman–Crippen MR) is 131 cm³/mol. The minimum absolute atomic E-state index is 0.784. The average molecular weight is 461 g/mol. The van der Waals surface area contributed by atoms with E-state index in [4.69, 9.17) is 4.74 Å². The summed E-state index contributed by atoms with van der Waals surface area (Å²) in [5, 5.41) is 1.07. The van der Waals surface area contributed by atoms with Gasteiger partial charge < -0.3 is 4.74 Å². The monoisotopic (exact) mass is 460 g/mol. The van der Waals surface area contributed by atoms with E-state index in [9.17, 15) is 0 Å². The highest BCUT2D eigenvalue weighted by molar-refractivity contribution is 9.09. The maximum Gasteiger partial charge on any atom is 0.119 e. The third-order valence-electron chi connectivity index (χ3n) is 5.77. The van der Waals surface area contributed by atoms with Gasteiger partial charge in [0.1, 0.15) is 5.75 Å². The fourth-order valence-corrected chi connectivity index (χ4v) is 4.68. The lowest BCUT2D eigenvalue weighted by molar-refractivity contribution is 0.306. The lowest BCUT2D eigenvalue weighted by Gasteiger charge is -2.23. The largest absolute Gasteiger partial charge is 0.494 e. The van der Waals surface area contributed by atoms with Crippen LogP contribution >= 0.6 is 15.9 Å². The lowest BCUT2D eigenvalue weighted by atomic mass is 9.81. The molecule has 0 unspecified atom stereocenters. The number of halogens is 1. The number of aryl methyl sites for hydroxylation is 1. The van der Waals surface area contributed by atoms with Gasteiger partial charge in [-0.05, 0) is 84.1 Å². The topological polar surface area (TPSA) is 9.23 Å². The molecular formula is C28H29BrO. The van der Waals surface area contributed by atoms with Gasteiger partial charge in [-0.15, -0.1) is 0 Å². The molecule has 0 spiro atoms. The molecule has 154 valence electrons. The van der Waals surface area contributed by atoms with E-state index >= 15 is 0 Å². The van der Waals surface area contributed by atoms with Gasteiger partial charge in [0.05, 0.1) is 6.61 Å². The Bertz CT molecular complexity index is 973. The van der Waals surface area contributed by atoms with Crippen LogP contribution in [0.3, 0.4) is 0 Å². The molecule has 30 heavy (non-hydrogen) atoms. The van der Waals surface area contributed by atoms with Gasteiger partial charge in [-0.3, -0.25) is 0 Å². The molecule has 1 aliphatic rings. The third kappa shape index (κ3) is 5.05. The van der Waals surface area contributed by atoms with Crippen LogP contribution in [0.1, 0.15) is 54.4 Å². The summed E-state index contributed by atoms with van der Waals surface area (Å²) in [6.45, 7) is 0.784. The maximum absolute atomic E-state index is 5.96. The summed E-state index contributed by atoms with van der Waals surface area (Å²) in [6, 6.07) is 28.4. The summed E-state index contributed by atoms with van der Waals surface area (Å²) >= 11 is 3.48. The Labute approximate surface area is 188 Å². The Kier molecular flexibility index (Phi) is 7.42. The van der Waals surface area contributed by atoms with Gasteiger partial charge in [-0.1, -0.05) is 82.7 Å². The molecule has 3 aromatic rings. The molecule has 0 radical (unpaired) electrons. The van der Waals surface area contributed by atoms with Crippen molar-refractivity contribution in [1.82, 2.24) is 0 Å². The third-order valence-corrected chi connectivity index (χ3v) is 6.33. The molecule has 0 fully saturated rings. The van der Waals surface area contributed by atoms with Crippen molar-refractivity contribution >= 4 is 27.1 Å². The lowest BCUT2D eigenvalue weighted by Crippen LogP contribution is -2.05. The molecule has 1 nitrogen and oxygen atoms in total. The van der Waals surface area contributed by atoms with E-state index < -0.39 is 0 Å². The fraction of sp³-hybridized carbons (Fsp3) is 0.286. The predicted octanol–water partition coefficient (Wildman–Crippen LogP) is 7.93. The number of rotatable bonds is 8. The summed E-state index contributed by atoms with van der Waals surface area (Å²) < 4.78 is 5.96. The number of unbranched alkanes of at least 4 members (excludes halogenated alkanes) is 2. The first-order chi connectivity index (χ1) is 14.9. The second-order valence-electron chi connectivity index (χ2n) is 7.85. The SMILES string of the molecule is BrCCCCCOc1ccc(C(=C2CCCc3ccccc32)c2ccccc2)cc1. The van der Waals surface area contributed by atoms with E-state index in [1.807, 2.05) is 0 Å². The standard InChI is InChI=1S/C28H29BrO/c29-20-7-2-8-21-30-25-18-16-24(17-19-25)28(23-11-3-1-4-12-23)27-15-9-13-22-10-5-6-14-26(22)27/h1,3-6,10-12,14,16-19H,2,7-9,13,15,20-21H2. The number of ether oxygens (including phenoxy) is 1. The molecule has 2 heteroatoms. The molecule has 0 saturated heterocycles. The number of hydrogen-bond donors (Lipinski definition) is 0. The van der Waals surface area contributed by atoms with Crippen LogP contribution in [0.5, 0.6) is 5.75 Å². The molecule has 4 rings (SSSR count). The molecule has 0 aromatic heterocycles. The molecule has 0 atom stereocenters. The van der Waals surface area contributed by atoms with E-state index in [1.165, 1.54) is 59.1 Å². The Morgan fingerprint density at radius 2 is 1.47 bits per heavy atom. The first kappa shape index (κ1) is 20.9. The van der Waals surface area contributed by atoms with Crippen molar-refractivity contribution in [1.29, 1.82) is 0 Å². The Hall–Kier alpha value is -2.32. The molecule has 0 aliphatic heterocycles. The van der Waals surface area contributed by atoms with Gasteiger partial charge in [0.15, 0.2) is 0 Å². The molecular weight excluding hydrogens is 432 g/mol. The molecule has 0 amide bonds. The molecule has 0 saturated carbocycles. The normalized spacial score (nSPS) is 14.8. The first-order valence-electron chi connectivity index (χ1n) is 11.0. The summed E-state index contributed by atoms with van der Waals surface area (Å²) in [5.74, 6) is 0.957. The number of fused-ring (bicyclic) bond motifs is 1. The zero-order valence-electron chi connectivity index (χ0n) is 17.4. The van der Waals surface area contributed by atoms with Crippen LogP contribution in [-0.4, -0.2) is 11.9 Å². The number of alkyl halides is 1. The van der Waals surface area contributed by atoms with Crippen molar-refractivity contribution in [2.24, 2.45) is 0 Å². The van der Waals surface area contributed by atoms with E-state index in [2.05, 4.69) is 94.8 Å².